The molecule has 16 nitrogen and oxygen atoms in total. The summed E-state index contributed by atoms with van der Waals surface area (Å²) in [7, 11) is 1.26. The van der Waals surface area contributed by atoms with Gasteiger partial charge in [0.2, 0.25) is 5.91 Å². The van der Waals surface area contributed by atoms with Crippen molar-refractivity contribution < 1.29 is 50.8 Å². The number of ether oxygens (including phenoxy) is 4. The summed E-state index contributed by atoms with van der Waals surface area (Å²) in [6.45, 7) is 6.73. The van der Waals surface area contributed by atoms with Crippen molar-refractivity contribution >= 4 is 20.3 Å². The van der Waals surface area contributed by atoms with E-state index in [2.05, 4.69) is 32.9 Å². The van der Waals surface area contributed by atoms with Gasteiger partial charge in [0.15, 0.2) is 6.23 Å². The largest absolute Gasteiger partial charge is 0.497 e. The number of amides is 2. The van der Waals surface area contributed by atoms with Gasteiger partial charge in [-0.2, -0.15) is 18.4 Å². The Morgan fingerprint density at radius 1 is 0.940 bits per heavy atom. The third-order valence-corrected chi connectivity index (χ3v) is 13.5. The van der Waals surface area contributed by atoms with Crippen molar-refractivity contribution in [3.63, 3.8) is 0 Å². The molecule has 2 fully saturated rings. The highest BCUT2D eigenvalue weighted by Gasteiger charge is 2.66. The Kier molecular flexibility index (Phi) is 16.3. The van der Waals surface area contributed by atoms with E-state index >= 15 is 0 Å². The van der Waals surface area contributed by atoms with Gasteiger partial charge in [0.05, 0.1) is 53.0 Å². The number of nitrogens with zero attached hydrogens (tertiary/aromatic N) is 3. The fourth-order valence-electron chi connectivity index (χ4n) is 8.40. The van der Waals surface area contributed by atoms with E-state index in [-0.39, 0.29) is 43.7 Å². The molecule has 2 aliphatic rings. The molecule has 5 atom stereocenters. The summed E-state index contributed by atoms with van der Waals surface area (Å²) in [6, 6.07) is 27.3. The van der Waals surface area contributed by atoms with Gasteiger partial charge in [-0.3, -0.25) is 23.9 Å². The Hall–Kier alpha value is -6.05. The number of aromatic nitrogens is 2. The van der Waals surface area contributed by atoms with Crippen LogP contribution in [0.1, 0.15) is 69.0 Å². The zero-order valence-corrected chi connectivity index (χ0v) is 38.6. The van der Waals surface area contributed by atoms with Gasteiger partial charge in [-0.15, -0.1) is 0 Å². The van der Waals surface area contributed by atoms with Crippen LogP contribution in [0.4, 0.5) is 13.2 Å². The first-order valence-corrected chi connectivity index (χ1v) is 22.5. The highest BCUT2D eigenvalue weighted by molar-refractivity contribution is 7.44. The second-order valence-corrected chi connectivity index (χ2v) is 17.7. The smallest absolute Gasteiger partial charge is 0.471 e. The van der Waals surface area contributed by atoms with Gasteiger partial charge in [0.1, 0.15) is 34.9 Å². The van der Waals surface area contributed by atoms with Gasteiger partial charge in [-0.1, -0.05) is 66.4 Å². The van der Waals surface area contributed by atoms with Gasteiger partial charge in [-0.05, 0) is 75.1 Å². The highest BCUT2D eigenvalue weighted by atomic mass is 31.2. The van der Waals surface area contributed by atoms with Crippen LogP contribution in [0.25, 0.3) is 0 Å². The molecule has 4 unspecified atom stereocenters. The van der Waals surface area contributed by atoms with E-state index in [4.69, 9.17) is 28.0 Å². The predicted molar refractivity (Wildman–Crippen MR) is 240 cm³/mol. The number of benzene rings is 3. The van der Waals surface area contributed by atoms with Gasteiger partial charge in [-0.25, -0.2) is 9.46 Å². The minimum atomic E-state index is -5.17. The Balaban J connectivity index is 1.47. The summed E-state index contributed by atoms with van der Waals surface area (Å²) < 4.78 is 79.5. The van der Waals surface area contributed by atoms with Crippen LogP contribution < -0.4 is 31.4 Å². The Morgan fingerprint density at radius 3 is 2.09 bits per heavy atom. The van der Waals surface area contributed by atoms with Crippen molar-refractivity contribution in [2.24, 2.45) is 0 Å². The average Bonchev–Trinajstić information content (AvgIpc) is 3.79. The Bertz CT molecular complexity index is 2520. The minimum absolute atomic E-state index is 0.00165. The van der Waals surface area contributed by atoms with Crippen molar-refractivity contribution in [3.05, 3.63) is 128 Å². The maximum absolute atomic E-state index is 13.9. The van der Waals surface area contributed by atoms with Crippen LogP contribution in [0.5, 0.6) is 11.5 Å². The van der Waals surface area contributed by atoms with Crippen LogP contribution in [0.2, 0.25) is 0 Å². The van der Waals surface area contributed by atoms with Crippen LogP contribution in [-0.4, -0.2) is 103 Å². The van der Waals surface area contributed by atoms with E-state index in [0.717, 1.165) is 21.3 Å². The van der Waals surface area contributed by atoms with Crippen molar-refractivity contribution in [1.82, 2.24) is 24.9 Å². The van der Waals surface area contributed by atoms with Gasteiger partial charge in [0.25, 0.3) is 14.1 Å². The van der Waals surface area contributed by atoms with Crippen LogP contribution in [0.15, 0.2) is 94.6 Å². The number of fused-ring (bicyclic) bond motifs is 2. The van der Waals surface area contributed by atoms with Crippen LogP contribution >= 0.6 is 8.53 Å². The van der Waals surface area contributed by atoms with Crippen molar-refractivity contribution in [2.75, 3.05) is 40.5 Å². The van der Waals surface area contributed by atoms with Gasteiger partial charge >= 0.3 is 17.8 Å². The third kappa shape index (κ3) is 11.2. The fraction of sp³-hybridized carbons (Fsp3) is 0.426. The molecule has 20 heteroatoms. The molecule has 3 N–H and O–H groups in total. The molecule has 3 heterocycles. The summed E-state index contributed by atoms with van der Waals surface area (Å²) in [5.74, 6) is 3.19. The van der Waals surface area contributed by atoms with Gasteiger partial charge in [0, 0.05) is 23.7 Å². The number of rotatable bonds is 19. The first-order valence-electron chi connectivity index (χ1n) is 21.3. The maximum Gasteiger partial charge on any atom is 0.471 e. The third-order valence-electron chi connectivity index (χ3n) is 11.3. The molecule has 4 aromatic rings. The molecular weight excluding hydrogens is 897 g/mol. The van der Waals surface area contributed by atoms with Crippen molar-refractivity contribution in [3.8, 4) is 29.4 Å². The second kappa shape index (κ2) is 21.7. The molecule has 1 aromatic heterocycles. The standard InChI is InChI=1S/C47H52F3N6O10P/c1-30(2)56(31(3)4)67(64-25-11-23-51)66-40-39-42(55-27-32(41(58)54-44(55)60)12-10-24-52-38(57)26-53-43(59)47(48,49)50)65-45(40,29-63-39)28-46(33-13-8-7-9-14-33,34-15-19-36(61-5)20-16-34)35-17-21-37(62-6)22-18-35/h7-9,13-22,27,30-31,39-40,42H,11,24-26,28-29H2,1-6H3,(H,52,57)(H,53,59)(H,54,58,60)/t39?,40?,42-,45?,67?/m1/s1. The number of nitriles is 1. The number of carbonyl (C=O) groups is 2. The molecular formula is C47H52F3N6O10P. The number of H-pyrrole nitrogens is 1. The maximum atomic E-state index is 13.9. The lowest BCUT2D eigenvalue weighted by molar-refractivity contribution is -0.180. The molecule has 2 amide bonds. The minimum Gasteiger partial charge on any atom is -0.497 e. The fourth-order valence-corrected chi connectivity index (χ4v) is 10.2. The number of alkyl halides is 3. The molecule has 0 aliphatic carbocycles. The number of hydrogen-bond acceptors (Lipinski definition) is 12. The Labute approximate surface area is 386 Å². The summed E-state index contributed by atoms with van der Waals surface area (Å²) >= 11 is 0. The number of aromatic amines is 1. The second-order valence-electron chi connectivity index (χ2n) is 16.3. The average molecular weight is 949 g/mol. The molecule has 0 radical (unpaired) electrons. The molecule has 2 saturated heterocycles. The Morgan fingerprint density at radius 2 is 1.54 bits per heavy atom. The predicted octanol–water partition coefficient (Wildman–Crippen LogP) is 5.45. The number of hydrogen-bond donors (Lipinski definition) is 3. The first kappa shape index (κ1) is 50.4. The lowest BCUT2D eigenvalue weighted by Crippen LogP contribution is -2.49. The molecule has 67 heavy (non-hydrogen) atoms. The molecule has 0 spiro atoms. The summed E-state index contributed by atoms with van der Waals surface area (Å²) in [4.78, 5) is 52.5. The number of halogens is 3. The number of nitrogens with one attached hydrogen (secondary N) is 3. The lowest BCUT2D eigenvalue weighted by Gasteiger charge is -2.44. The summed E-state index contributed by atoms with van der Waals surface area (Å²) in [5.41, 5.74) is -1.68. The van der Waals surface area contributed by atoms with Crippen molar-refractivity contribution in [1.29, 1.82) is 5.26 Å². The SMILES string of the molecule is COc1ccc(C(CC23COC(C2OP(OCCC#N)N(C(C)C)C(C)C)[C@H](n2cc(C#CCNC(=O)CNC(=O)C(F)(F)F)c(=O)[nH]c2=O)O3)(c2ccccc2)c2ccc(OC)cc2)cc1. The van der Waals surface area contributed by atoms with E-state index in [1.54, 1.807) is 14.2 Å². The zero-order chi connectivity index (χ0) is 48.5. The molecule has 356 valence electrons. The number of methoxy groups -OCH3 is 2. The normalized spacial score (nSPS) is 19.4. The quantitative estimate of drug-likeness (QED) is 0.0466. The topological polar surface area (TPSA) is 195 Å². The zero-order valence-electron chi connectivity index (χ0n) is 37.7. The van der Waals surface area contributed by atoms with Crippen molar-refractivity contribution in [2.45, 2.75) is 88.2 Å². The molecule has 6 rings (SSSR count). The first-order chi connectivity index (χ1) is 32.0. The summed E-state index contributed by atoms with van der Waals surface area (Å²) in [6.07, 6.45) is -6.84. The van der Waals surface area contributed by atoms with E-state index < -0.39 is 80.3 Å². The van der Waals surface area contributed by atoms with Crippen LogP contribution in [0.3, 0.4) is 0 Å². The van der Waals surface area contributed by atoms with E-state index in [1.807, 2.05) is 107 Å². The van der Waals surface area contributed by atoms with E-state index in [0.29, 0.717) is 11.5 Å². The molecule has 2 bridgehead atoms. The summed E-state index contributed by atoms with van der Waals surface area (Å²) in [5, 5.41) is 13.2. The monoisotopic (exact) mass is 948 g/mol. The molecule has 0 saturated carbocycles. The van der Waals surface area contributed by atoms with Crippen LogP contribution in [0, 0.1) is 23.2 Å². The molecule has 2 aliphatic heterocycles. The highest BCUT2D eigenvalue weighted by Crippen LogP contribution is 2.59. The van der Waals surface area contributed by atoms with Crippen LogP contribution in [-0.2, 0) is 33.5 Å². The van der Waals surface area contributed by atoms with E-state index in [9.17, 15) is 37.6 Å². The van der Waals surface area contributed by atoms with Gasteiger partial charge < -0.3 is 38.6 Å². The van der Waals surface area contributed by atoms with E-state index in [1.165, 1.54) is 11.5 Å². The number of carbonyl (C=O) groups excluding carboxylic acids is 2. The lowest BCUT2D eigenvalue weighted by atomic mass is 9.63. The molecule has 3 aromatic carbocycles.